The Hall–Kier alpha value is -5.30. The minimum absolute atomic E-state index is 0.0156. The van der Waals surface area contributed by atoms with Gasteiger partial charge in [0.1, 0.15) is 28.9 Å². The second-order valence-corrected chi connectivity index (χ2v) is 22.9. The Bertz CT molecular complexity index is 2550. The normalized spacial score (nSPS) is 17.5. The first-order valence-electron chi connectivity index (χ1n) is 23.9. The summed E-state index contributed by atoms with van der Waals surface area (Å²) in [7, 11) is 1.53. The minimum Gasteiger partial charge on any atom is -0.444 e. The highest BCUT2D eigenvalue weighted by Gasteiger charge is 2.35. The van der Waals surface area contributed by atoms with E-state index in [0.717, 1.165) is 20.5 Å². The van der Waals surface area contributed by atoms with Crippen LogP contribution in [-0.4, -0.2) is 101 Å². The summed E-state index contributed by atoms with van der Waals surface area (Å²) < 4.78 is 18.8. The van der Waals surface area contributed by atoms with Crippen LogP contribution in [0, 0.1) is 0 Å². The van der Waals surface area contributed by atoms with Crippen LogP contribution in [0.3, 0.4) is 0 Å². The number of benzene rings is 3. The molecule has 1 aliphatic heterocycles. The molecule has 16 nitrogen and oxygen atoms in total. The van der Waals surface area contributed by atoms with E-state index in [9.17, 15) is 24.0 Å². The van der Waals surface area contributed by atoms with Crippen LogP contribution in [-0.2, 0) is 48.1 Å². The maximum Gasteiger partial charge on any atom is 0.419 e. The Labute approximate surface area is 434 Å². The molecule has 2 heterocycles. The lowest BCUT2D eigenvalue weighted by molar-refractivity contribution is -0.142. The molecule has 0 unspecified atom stereocenters. The average Bonchev–Trinajstić information content (AvgIpc) is 3.64. The molecule has 0 saturated heterocycles. The summed E-state index contributed by atoms with van der Waals surface area (Å²) in [6.45, 7) is 16.7. The lowest BCUT2D eigenvalue weighted by Gasteiger charge is -2.32. The van der Waals surface area contributed by atoms with E-state index in [-0.39, 0.29) is 45.4 Å². The molecule has 0 radical (unpaired) electrons. The van der Waals surface area contributed by atoms with Gasteiger partial charge in [0.25, 0.3) is 0 Å². The number of fused-ring (bicyclic) bond motifs is 3. The van der Waals surface area contributed by atoms with E-state index < -0.39 is 70.9 Å². The quantitative estimate of drug-likeness (QED) is 0.0708. The highest BCUT2D eigenvalue weighted by molar-refractivity contribution is 9.10. The molecule has 5 N–H and O–H groups in total. The first-order chi connectivity index (χ1) is 33.3. The predicted octanol–water partition coefficient (Wildman–Crippen LogP) is 9.63. The lowest BCUT2D eigenvalue weighted by Crippen LogP contribution is -2.57. The highest BCUT2D eigenvalue weighted by Crippen LogP contribution is 2.39. The first kappa shape index (κ1) is 56.6. The van der Waals surface area contributed by atoms with Crippen LogP contribution in [0.1, 0.15) is 111 Å². The van der Waals surface area contributed by atoms with Crippen molar-refractivity contribution in [2.45, 2.75) is 159 Å². The van der Waals surface area contributed by atoms with Gasteiger partial charge in [-0.25, -0.2) is 14.4 Å². The van der Waals surface area contributed by atoms with Gasteiger partial charge in [0.05, 0.1) is 16.6 Å². The number of halogens is 2. The molecule has 1 aromatic heterocycles. The second-order valence-electron chi connectivity index (χ2n) is 20.5. The Kier molecular flexibility index (Phi) is 19.8. The minimum atomic E-state index is -1.15. The molecule has 5 amide bonds. The number of unbranched alkanes of at least 4 members (excludes halogenated alkanes) is 1. The standard InChI is InChI=1S/C52H69BrClN7O9S/c1-50(2,3)68-47(65)55-25-14-13-20-39-46(64)60(10)41(27-34-31-61(49(67)70-52(7,8)9)40-22-12-11-18-36(34)40)45(63)58-30-33-17-15-19-37(54)43(33)71-42-28-35(53)24-23-32(42)29-57-38(44(62)59-39)21-16-26-56-48(66)69-51(4,5)6/h11-12,15,17-19,22-24,28,31,38-39,41,57H,13-14,16,20-21,25-27,29-30H2,1-10H3,(H,55,65)(H,56,66)(H,58,63)(H,59,62)/t38-,39-,41-/m0/s1. The van der Waals surface area contributed by atoms with Gasteiger partial charge in [0.2, 0.25) is 17.7 Å². The molecular formula is C52H69BrClN7O9S. The van der Waals surface area contributed by atoms with Crippen molar-refractivity contribution >= 4 is 86.2 Å². The molecule has 3 aromatic carbocycles. The number of ether oxygens (including phenoxy) is 3. The van der Waals surface area contributed by atoms with Gasteiger partial charge in [0, 0.05) is 65.5 Å². The maximum absolute atomic E-state index is 15.1. The summed E-state index contributed by atoms with van der Waals surface area (Å²) in [4.78, 5) is 86.1. The van der Waals surface area contributed by atoms with Gasteiger partial charge < -0.3 is 45.7 Å². The van der Waals surface area contributed by atoms with E-state index in [0.29, 0.717) is 45.6 Å². The zero-order valence-corrected chi connectivity index (χ0v) is 45.5. The van der Waals surface area contributed by atoms with Crippen molar-refractivity contribution in [1.82, 2.24) is 36.1 Å². The summed E-state index contributed by atoms with van der Waals surface area (Å²) in [5, 5.41) is 16.2. The number of carbonyl (C=O) groups excluding carboxylic acids is 6. The van der Waals surface area contributed by atoms with E-state index in [4.69, 9.17) is 25.8 Å². The van der Waals surface area contributed by atoms with Gasteiger partial charge in [0.15, 0.2) is 0 Å². The fourth-order valence-corrected chi connectivity index (χ4v) is 9.69. The average molecular weight is 1080 g/mol. The van der Waals surface area contributed by atoms with Crippen LogP contribution < -0.4 is 26.6 Å². The molecule has 0 bridgehead atoms. The van der Waals surface area contributed by atoms with Crippen molar-refractivity contribution < 1.29 is 43.0 Å². The van der Waals surface area contributed by atoms with Gasteiger partial charge in [-0.05, 0) is 135 Å². The number of carbonyl (C=O) groups is 6. The summed E-state index contributed by atoms with van der Waals surface area (Å²) >= 11 is 12.0. The Morgan fingerprint density at radius 3 is 2.06 bits per heavy atom. The van der Waals surface area contributed by atoms with Crippen LogP contribution in [0.4, 0.5) is 14.4 Å². The van der Waals surface area contributed by atoms with Gasteiger partial charge in [-0.1, -0.05) is 75.7 Å². The van der Waals surface area contributed by atoms with E-state index >= 15 is 4.79 Å². The molecule has 0 aliphatic carbocycles. The zero-order chi connectivity index (χ0) is 52.3. The van der Waals surface area contributed by atoms with Crippen LogP contribution >= 0.6 is 39.3 Å². The van der Waals surface area contributed by atoms with E-state index in [1.54, 1.807) is 86.7 Å². The SMILES string of the molecule is CN1C(=O)[C@H](CCCCNC(=O)OC(C)(C)C)NC(=O)[C@H](CCCNC(=O)OC(C)(C)C)NCc2ccc(Br)cc2Sc2c(Cl)cccc2CNC(=O)[C@@H]1Cc1cn(C(=O)OC(C)(C)C)c2ccccc12. The van der Waals surface area contributed by atoms with E-state index in [1.807, 2.05) is 42.5 Å². The zero-order valence-electron chi connectivity index (χ0n) is 42.4. The largest absolute Gasteiger partial charge is 0.444 e. The Balaban J connectivity index is 1.56. The van der Waals surface area contributed by atoms with Crippen LogP contribution in [0.15, 0.2) is 81.1 Å². The Morgan fingerprint density at radius 2 is 1.39 bits per heavy atom. The van der Waals surface area contributed by atoms with Gasteiger partial charge >= 0.3 is 18.3 Å². The smallest absolute Gasteiger partial charge is 0.419 e. The third kappa shape index (κ3) is 17.5. The second kappa shape index (κ2) is 24.9. The maximum atomic E-state index is 15.1. The molecule has 1 aliphatic rings. The van der Waals surface area contributed by atoms with Crippen molar-refractivity contribution in [3.05, 3.63) is 93.0 Å². The monoisotopic (exact) mass is 1080 g/mol. The molecule has 0 saturated carbocycles. The molecule has 0 spiro atoms. The molecule has 4 aromatic rings. The van der Waals surface area contributed by atoms with E-state index in [2.05, 4.69) is 42.5 Å². The van der Waals surface area contributed by atoms with Crippen molar-refractivity contribution in [2.24, 2.45) is 0 Å². The fourth-order valence-electron chi connectivity index (χ4n) is 7.75. The predicted molar refractivity (Wildman–Crippen MR) is 280 cm³/mol. The highest BCUT2D eigenvalue weighted by atomic mass is 79.9. The number of hydrogen-bond acceptors (Lipinski definition) is 11. The summed E-state index contributed by atoms with van der Waals surface area (Å²) in [6.07, 6.45) is 1.51. The first-order valence-corrected chi connectivity index (χ1v) is 25.8. The molecular weight excluding hydrogens is 1010 g/mol. The number of aromatic nitrogens is 1. The summed E-state index contributed by atoms with van der Waals surface area (Å²) in [5.74, 6) is -1.48. The number of hydrogen-bond donors (Lipinski definition) is 5. The van der Waals surface area contributed by atoms with Gasteiger partial charge in [-0.15, -0.1) is 0 Å². The van der Waals surface area contributed by atoms with Gasteiger partial charge in [-0.3, -0.25) is 19.0 Å². The van der Waals surface area contributed by atoms with Gasteiger partial charge in [-0.2, -0.15) is 0 Å². The fraction of sp³-hybridized carbons (Fsp3) is 0.500. The number of rotatable bonds is 11. The van der Waals surface area contributed by atoms with E-state index in [1.165, 1.54) is 28.3 Å². The number of amides is 5. The van der Waals surface area contributed by atoms with Crippen molar-refractivity contribution in [1.29, 1.82) is 0 Å². The number of alkyl carbamates (subject to hydrolysis) is 2. The third-order valence-electron chi connectivity index (χ3n) is 11.1. The number of likely N-dealkylation sites (N-methyl/N-ethyl adjacent to an activating group) is 1. The van der Waals surface area contributed by atoms with Crippen LogP contribution in [0.25, 0.3) is 10.9 Å². The van der Waals surface area contributed by atoms with Crippen LogP contribution in [0.2, 0.25) is 5.02 Å². The molecule has 3 atom stereocenters. The number of nitrogens with zero attached hydrogens (tertiary/aromatic N) is 2. The Morgan fingerprint density at radius 1 is 0.761 bits per heavy atom. The topological polar surface area (TPSA) is 198 Å². The lowest BCUT2D eigenvalue weighted by atomic mass is 10.0. The van der Waals surface area contributed by atoms with Crippen molar-refractivity contribution in [3.8, 4) is 0 Å². The molecule has 5 rings (SSSR count). The molecule has 0 fully saturated rings. The van der Waals surface area contributed by atoms with Crippen molar-refractivity contribution in [2.75, 3.05) is 20.1 Å². The summed E-state index contributed by atoms with van der Waals surface area (Å²) in [5.41, 5.74) is 0.592. The number of nitrogens with one attached hydrogen (secondary N) is 5. The molecule has 71 heavy (non-hydrogen) atoms. The van der Waals surface area contributed by atoms with Crippen molar-refractivity contribution in [3.63, 3.8) is 0 Å². The number of para-hydroxylation sites is 1. The molecule has 386 valence electrons. The summed E-state index contributed by atoms with van der Waals surface area (Å²) in [6, 6.07) is 15.4. The third-order valence-corrected chi connectivity index (χ3v) is 13.3. The molecule has 19 heteroatoms. The van der Waals surface area contributed by atoms with Crippen LogP contribution in [0.5, 0.6) is 0 Å².